The number of hydrogen-bond donors (Lipinski definition) is 2. The summed E-state index contributed by atoms with van der Waals surface area (Å²) in [7, 11) is 0. The molecule has 0 unspecified atom stereocenters. The zero-order valence-corrected chi connectivity index (χ0v) is 13.9. The molecular weight excluding hydrogens is 308 g/mol. The van der Waals surface area contributed by atoms with E-state index in [0.29, 0.717) is 32.6 Å². The van der Waals surface area contributed by atoms with Crippen molar-refractivity contribution in [1.29, 1.82) is 0 Å². The van der Waals surface area contributed by atoms with Crippen LogP contribution in [0.4, 0.5) is 5.69 Å². The largest absolute Gasteiger partial charge is 0.381 e. The molecule has 1 amide bonds. The topological polar surface area (TPSA) is 64.4 Å². The average molecular weight is 331 g/mol. The Hall–Kier alpha value is -0.750. The lowest BCUT2D eigenvalue weighted by molar-refractivity contribution is -0.130. The van der Waals surface area contributed by atoms with Crippen LogP contribution in [-0.2, 0) is 15.3 Å². The molecule has 3 N–H and O–H groups in total. The number of thioether (sulfide) groups is 1. The van der Waals surface area contributed by atoms with Crippen molar-refractivity contribution in [3.63, 3.8) is 0 Å². The highest BCUT2D eigenvalue weighted by Gasteiger charge is 2.38. The highest BCUT2D eigenvalue weighted by molar-refractivity contribution is 7.97. The fourth-order valence-corrected chi connectivity index (χ4v) is 2.93. The molecular formula is C15H23ClN2O2S. The van der Waals surface area contributed by atoms with Gasteiger partial charge in [-0.05, 0) is 36.8 Å². The summed E-state index contributed by atoms with van der Waals surface area (Å²) in [6, 6.07) is 8.00. The molecule has 21 heavy (non-hydrogen) atoms. The second-order valence-electron chi connectivity index (χ2n) is 5.18. The molecule has 0 aliphatic carbocycles. The fraction of sp³-hybridized carbons (Fsp3) is 0.533. The Morgan fingerprint density at radius 1 is 1.33 bits per heavy atom. The molecule has 0 bridgehead atoms. The smallest absolute Gasteiger partial charge is 0.232 e. The molecule has 1 fully saturated rings. The van der Waals surface area contributed by atoms with E-state index in [2.05, 4.69) is 11.6 Å². The van der Waals surface area contributed by atoms with E-state index in [1.54, 1.807) is 11.8 Å². The Morgan fingerprint density at radius 3 is 2.48 bits per heavy atom. The van der Waals surface area contributed by atoms with Crippen LogP contribution in [0, 0.1) is 5.41 Å². The van der Waals surface area contributed by atoms with E-state index in [-0.39, 0.29) is 18.3 Å². The molecule has 1 aliphatic rings. The van der Waals surface area contributed by atoms with Gasteiger partial charge in [-0.25, -0.2) is 0 Å². The first-order valence-electron chi connectivity index (χ1n) is 6.87. The van der Waals surface area contributed by atoms with Crippen molar-refractivity contribution in [3.05, 3.63) is 29.8 Å². The van der Waals surface area contributed by atoms with E-state index >= 15 is 0 Å². The first-order valence-corrected chi connectivity index (χ1v) is 8.27. The lowest BCUT2D eigenvalue weighted by Gasteiger charge is -2.34. The summed E-state index contributed by atoms with van der Waals surface area (Å²) >= 11 is 1.78. The summed E-state index contributed by atoms with van der Waals surface area (Å²) in [6.45, 7) is 1.58. The summed E-state index contributed by atoms with van der Waals surface area (Å²) in [5, 5.41) is 2.99. The summed E-state index contributed by atoms with van der Waals surface area (Å²) in [5.41, 5.74) is 7.45. The molecule has 0 radical (unpaired) electrons. The molecule has 2 rings (SSSR count). The Labute approximate surface area is 136 Å². The zero-order valence-electron chi connectivity index (χ0n) is 12.3. The highest BCUT2D eigenvalue weighted by Crippen LogP contribution is 2.31. The monoisotopic (exact) mass is 330 g/mol. The van der Waals surface area contributed by atoms with Crippen molar-refractivity contribution in [1.82, 2.24) is 0 Å². The maximum Gasteiger partial charge on any atom is 0.232 e. The normalized spacial score (nSPS) is 16.9. The van der Waals surface area contributed by atoms with Crippen LogP contribution in [-0.4, -0.2) is 31.9 Å². The number of anilines is 1. The third kappa shape index (κ3) is 4.61. The van der Waals surface area contributed by atoms with Crippen LogP contribution >= 0.6 is 24.2 Å². The first-order chi connectivity index (χ1) is 9.70. The second-order valence-corrected chi connectivity index (χ2v) is 6.05. The number of carbonyl (C=O) groups excluding carboxylic acids is 1. The van der Waals surface area contributed by atoms with Crippen LogP contribution in [0.1, 0.15) is 18.4 Å². The Balaban J connectivity index is 0.00000220. The average Bonchev–Trinajstić information content (AvgIpc) is 2.50. The molecule has 1 aromatic carbocycles. The lowest BCUT2D eigenvalue weighted by atomic mass is 9.79. The number of ether oxygens (including phenoxy) is 1. The molecule has 1 saturated heterocycles. The van der Waals surface area contributed by atoms with Gasteiger partial charge in [-0.2, -0.15) is 11.8 Å². The number of nitrogens with one attached hydrogen (secondary N) is 1. The van der Waals surface area contributed by atoms with Gasteiger partial charge in [-0.3, -0.25) is 4.79 Å². The van der Waals surface area contributed by atoms with Crippen LogP contribution in [0.3, 0.4) is 0 Å². The van der Waals surface area contributed by atoms with Gasteiger partial charge in [0.25, 0.3) is 0 Å². The molecule has 1 aromatic rings. The number of rotatable bonds is 5. The minimum atomic E-state index is -0.476. The molecule has 1 heterocycles. The maximum absolute atomic E-state index is 12.5. The van der Waals surface area contributed by atoms with E-state index < -0.39 is 5.41 Å². The highest BCUT2D eigenvalue weighted by atomic mass is 35.5. The summed E-state index contributed by atoms with van der Waals surface area (Å²) in [6.07, 6.45) is 3.46. The van der Waals surface area contributed by atoms with Gasteiger partial charge in [0.2, 0.25) is 5.91 Å². The Kier molecular flexibility index (Phi) is 7.52. The van der Waals surface area contributed by atoms with E-state index in [9.17, 15) is 4.79 Å². The van der Waals surface area contributed by atoms with Crippen LogP contribution in [0.15, 0.2) is 24.3 Å². The number of hydrogen-bond acceptors (Lipinski definition) is 4. The number of nitrogens with two attached hydrogens (primary N) is 1. The predicted octanol–water partition coefficient (Wildman–Crippen LogP) is 2.67. The summed E-state index contributed by atoms with van der Waals surface area (Å²) < 4.78 is 5.33. The van der Waals surface area contributed by atoms with Crippen LogP contribution in [0.2, 0.25) is 0 Å². The van der Waals surface area contributed by atoms with Crippen LogP contribution < -0.4 is 11.1 Å². The van der Waals surface area contributed by atoms with Crippen LogP contribution in [0.25, 0.3) is 0 Å². The number of halogens is 1. The Morgan fingerprint density at radius 2 is 1.95 bits per heavy atom. The van der Waals surface area contributed by atoms with Gasteiger partial charge < -0.3 is 15.8 Å². The predicted molar refractivity (Wildman–Crippen MR) is 91.1 cm³/mol. The van der Waals surface area contributed by atoms with Crippen molar-refractivity contribution < 1.29 is 9.53 Å². The second kappa shape index (κ2) is 8.63. The van der Waals surface area contributed by atoms with Gasteiger partial charge >= 0.3 is 0 Å². The molecule has 0 spiro atoms. The summed E-state index contributed by atoms with van der Waals surface area (Å²) in [4.78, 5) is 12.5. The van der Waals surface area contributed by atoms with Gasteiger partial charge in [-0.1, -0.05) is 12.1 Å². The van der Waals surface area contributed by atoms with E-state index in [1.807, 2.05) is 24.3 Å². The minimum absolute atomic E-state index is 0. The van der Waals surface area contributed by atoms with E-state index in [4.69, 9.17) is 10.5 Å². The number of amides is 1. The zero-order chi connectivity index (χ0) is 14.4. The van der Waals surface area contributed by atoms with Gasteiger partial charge in [0, 0.05) is 31.2 Å². The molecule has 0 atom stereocenters. The molecule has 0 aromatic heterocycles. The minimum Gasteiger partial charge on any atom is -0.381 e. The third-order valence-corrected chi connectivity index (χ3v) is 4.47. The standard InChI is InChI=1S/C15H22N2O2S.ClH/c1-20-10-12-2-4-13(5-3-12)17-14(18)15(11-16)6-8-19-9-7-15;/h2-5H,6-11,16H2,1H3,(H,17,18);1H. The van der Waals surface area contributed by atoms with Gasteiger partial charge in [-0.15, -0.1) is 12.4 Å². The van der Waals surface area contributed by atoms with Crippen molar-refractivity contribution in [3.8, 4) is 0 Å². The molecule has 1 aliphatic heterocycles. The Bertz CT molecular complexity index is 447. The molecule has 6 heteroatoms. The number of benzene rings is 1. The summed E-state index contributed by atoms with van der Waals surface area (Å²) in [5.74, 6) is 0.999. The van der Waals surface area contributed by atoms with E-state index in [1.165, 1.54) is 5.56 Å². The molecule has 118 valence electrons. The van der Waals surface area contributed by atoms with Crippen molar-refractivity contribution >= 4 is 35.8 Å². The fourth-order valence-electron chi connectivity index (χ4n) is 2.40. The molecule has 4 nitrogen and oxygen atoms in total. The lowest BCUT2D eigenvalue weighted by Crippen LogP contribution is -2.46. The van der Waals surface area contributed by atoms with Crippen molar-refractivity contribution in [2.75, 3.05) is 31.3 Å². The molecule has 0 saturated carbocycles. The van der Waals surface area contributed by atoms with Crippen LogP contribution in [0.5, 0.6) is 0 Å². The third-order valence-electron chi connectivity index (χ3n) is 3.85. The van der Waals surface area contributed by atoms with Crippen molar-refractivity contribution in [2.45, 2.75) is 18.6 Å². The van der Waals surface area contributed by atoms with Crippen molar-refractivity contribution in [2.24, 2.45) is 11.1 Å². The first kappa shape index (κ1) is 18.3. The SMILES string of the molecule is CSCc1ccc(NC(=O)C2(CN)CCOCC2)cc1.Cl. The van der Waals surface area contributed by atoms with E-state index in [0.717, 1.165) is 11.4 Å². The quantitative estimate of drug-likeness (QED) is 0.871. The van der Waals surface area contributed by atoms with Gasteiger partial charge in [0.1, 0.15) is 0 Å². The van der Waals surface area contributed by atoms with Gasteiger partial charge in [0.05, 0.1) is 5.41 Å². The maximum atomic E-state index is 12.5. The van der Waals surface area contributed by atoms with Gasteiger partial charge in [0.15, 0.2) is 0 Å². The number of carbonyl (C=O) groups is 1.